The van der Waals surface area contributed by atoms with Crippen molar-refractivity contribution in [1.29, 1.82) is 0 Å². The van der Waals surface area contributed by atoms with Crippen molar-refractivity contribution in [3.05, 3.63) is 63.2 Å². The Balaban J connectivity index is 1.99. The minimum Gasteiger partial charge on any atom is -0.449 e. The fourth-order valence-electron chi connectivity index (χ4n) is 2.14. The van der Waals surface area contributed by atoms with E-state index < -0.39 is 22.9 Å². The van der Waals surface area contributed by atoms with Crippen LogP contribution in [0.25, 0.3) is 0 Å². The zero-order valence-electron chi connectivity index (χ0n) is 14.9. The molecular weight excluding hydrogens is 390 g/mol. The number of amides is 2. The van der Waals surface area contributed by atoms with Gasteiger partial charge in [0.15, 0.2) is 6.10 Å². The monoisotopic (exact) mass is 405 g/mol. The van der Waals surface area contributed by atoms with E-state index in [1.165, 1.54) is 13.8 Å². The van der Waals surface area contributed by atoms with E-state index >= 15 is 0 Å². The molecule has 0 saturated heterocycles. The normalized spacial score (nSPS) is 11.2. The lowest BCUT2D eigenvalue weighted by molar-refractivity contribution is -0.384. The summed E-state index contributed by atoms with van der Waals surface area (Å²) >= 11 is 5.88. The highest BCUT2D eigenvalue weighted by Gasteiger charge is 2.22. The lowest BCUT2D eigenvalue weighted by Gasteiger charge is -2.14. The third kappa shape index (κ3) is 5.52. The summed E-state index contributed by atoms with van der Waals surface area (Å²) < 4.78 is 5.07. The molecule has 2 rings (SSSR count). The number of halogens is 1. The van der Waals surface area contributed by atoms with Crippen LogP contribution in [-0.2, 0) is 14.3 Å². The highest BCUT2D eigenvalue weighted by atomic mass is 35.5. The molecule has 1 unspecified atom stereocenters. The molecule has 146 valence electrons. The van der Waals surface area contributed by atoms with Gasteiger partial charge in [0.25, 0.3) is 11.6 Å². The molecule has 28 heavy (non-hydrogen) atoms. The molecule has 10 heteroatoms. The van der Waals surface area contributed by atoms with Crippen LogP contribution in [0.15, 0.2) is 42.5 Å². The van der Waals surface area contributed by atoms with Crippen LogP contribution in [0.1, 0.15) is 24.2 Å². The maximum absolute atomic E-state index is 12.2. The zero-order chi connectivity index (χ0) is 20.8. The number of carbonyl (C=O) groups is 3. The first kappa shape index (κ1) is 20.8. The van der Waals surface area contributed by atoms with Gasteiger partial charge in [0.2, 0.25) is 5.91 Å². The second-order valence-electron chi connectivity index (χ2n) is 5.72. The number of esters is 1. The summed E-state index contributed by atoms with van der Waals surface area (Å²) in [5, 5.41) is 15.7. The summed E-state index contributed by atoms with van der Waals surface area (Å²) in [4.78, 5) is 45.4. The molecule has 0 aromatic heterocycles. The Morgan fingerprint density at radius 3 is 2.14 bits per heavy atom. The fraction of sp³-hybridized carbons (Fsp3) is 0.167. The average molecular weight is 406 g/mol. The van der Waals surface area contributed by atoms with Gasteiger partial charge in [-0.3, -0.25) is 19.7 Å². The summed E-state index contributed by atoms with van der Waals surface area (Å²) in [7, 11) is 0. The van der Waals surface area contributed by atoms with Gasteiger partial charge in [-0.15, -0.1) is 0 Å². The van der Waals surface area contributed by atoms with Gasteiger partial charge in [0, 0.05) is 30.4 Å². The van der Waals surface area contributed by atoms with E-state index in [1.807, 2.05) is 0 Å². The van der Waals surface area contributed by atoms with Gasteiger partial charge < -0.3 is 15.4 Å². The van der Waals surface area contributed by atoms with E-state index in [0.29, 0.717) is 11.4 Å². The molecule has 0 aliphatic rings. The predicted octanol–water partition coefficient (Wildman–Crippen LogP) is 3.39. The van der Waals surface area contributed by atoms with Gasteiger partial charge in [0.05, 0.1) is 15.5 Å². The van der Waals surface area contributed by atoms with Gasteiger partial charge in [-0.25, -0.2) is 4.79 Å². The van der Waals surface area contributed by atoms with Crippen LogP contribution in [0.2, 0.25) is 5.02 Å². The first-order valence-electron chi connectivity index (χ1n) is 8.01. The summed E-state index contributed by atoms with van der Waals surface area (Å²) in [5.41, 5.74) is 0.648. The summed E-state index contributed by atoms with van der Waals surface area (Å²) in [6.45, 7) is 2.75. The average Bonchev–Trinajstić information content (AvgIpc) is 2.62. The van der Waals surface area contributed by atoms with Gasteiger partial charge in [-0.2, -0.15) is 0 Å². The first-order chi connectivity index (χ1) is 13.2. The number of nitro groups is 1. The van der Waals surface area contributed by atoms with Crippen LogP contribution in [0, 0.1) is 10.1 Å². The van der Waals surface area contributed by atoms with Crippen LogP contribution in [-0.4, -0.2) is 28.8 Å². The maximum Gasteiger partial charge on any atom is 0.340 e. The van der Waals surface area contributed by atoms with E-state index in [4.69, 9.17) is 16.3 Å². The number of anilines is 2. The molecule has 2 N–H and O–H groups in total. The minimum absolute atomic E-state index is 0.0911. The van der Waals surface area contributed by atoms with Crippen molar-refractivity contribution in [2.75, 3.05) is 10.6 Å². The molecule has 2 amide bonds. The van der Waals surface area contributed by atoms with Crippen molar-refractivity contribution in [2.45, 2.75) is 20.0 Å². The third-order valence-corrected chi connectivity index (χ3v) is 3.82. The van der Waals surface area contributed by atoms with E-state index in [-0.39, 0.29) is 22.2 Å². The molecule has 2 aromatic rings. The molecule has 2 aromatic carbocycles. The Bertz CT molecular complexity index is 929. The SMILES string of the molecule is CC(=O)Nc1ccc(NC(=O)C(C)OC(=O)c2ccc([N+](=O)[O-])cc2Cl)cc1. The Kier molecular flexibility index (Phi) is 6.67. The highest BCUT2D eigenvalue weighted by Crippen LogP contribution is 2.23. The van der Waals surface area contributed by atoms with Crippen molar-refractivity contribution in [3.8, 4) is 0 Å². The molecule has 0 spiro atoms. The lowest BCUT2D eigenvalue weighted by Crippen LogP contribution is -2.30. The quantitative estimate of drug-likeness (QED) is 0.430. The van der Waals surface area contributed by atoms with Gasteiger partial charge in [-0.1, -0.05) is 11.6 Å². The van der Waals surface area contributed by atoms with Crippen molar-refractivity contribution >= 4 is 46.4 Å². The Labute approximate surface area is 164 Å². The van der Waals surface area contributed by atoms with Crippen LogP contribution in [0.5, 0.6) is 0 Å². The summed E-state index contributed by atoms with van der Waals surface area (Å²) in [6.07, 6.45) is -1.14. The molecule has 0 heterocycles. The van der Waals surface area contributed by atoms with Gasteiger partial charge >= 0.3 is 5.97 Å². The zero-order valence-corrected chi connectivity index (χ0v) is 15.6. The number of carbonyl (C=O) groups excluding carboxylic acids is 3. The number of non-ortho nitro benzene ring substituents is 1. The number of hydrogen-bond donors (Lipinski definition) is 2. The maximum atomic E-state index is 12.2. The molecule has 1 atom stereocenters. The topological polar surface area (TPSA) is 128 Å². The molecule has 0 aliphatic carbocycles. The third-order valence-electron chi connectivity index (χ3n) is 3.51. The van der Waals surface area contributed by atoms with E-state index in [1.54, 1.807) is 24.3 Å². The first-order valence-corrected chi connectivity index (χ1v) is 8.38. The highest BCUT2D eigenvalue weighted by molar-refractivity contribution is 6.33. The van der Waals surface area contributed by atoms with Gasteiger partial charge in [-0.05, 0) is 37.3 Å². The Hall–Kier alpha value is -3.46. The second kappa shape index (κ2) is 8.96. The van der Waals surface area contributed by atoms with E-state index in [2.05, 4.69) is 10.6 Å². The lowest BCUT2D eigenvalue weighted by atomic mass is 10.2. The van der Waals surface area contributed by atoms with E-state index in [0.717, 1.165) is 18.2 Å². The molecule has 0 bridgehead atoms. The predicted molar refractivity (Wildman–Crippen MR) is 102 cm³/mol. The Morgan fingerprint density at radius 1 is 1.07 bits per heavy atom. The number of ether oxygens (including phenoxy) is 1. The van der Waals surface area contributed by atoms with Crippen molar-refractivity contribution < 1.29 is 24.0 Å². The van der Waals surface area contributed by atoms with Gasteiger partial charge in [0.1, 0.15) is 0 Å². The van der Waals surface area contributed by atoms with Crippen LogP contribution in [0.4, 0.5) is 17.1 Å². The smallest absolute Gasteiger partial charge is 0.340 e. The second-order valence-corrected chi connectivity index (χ2v) is 6.12. The molecule has 0 aliphatic heterocycles. The van der Waals surface area contributed by atoms with Crippen LogP contribution in [0.3, 0.4) is 0 Å². The van der Waals surface area contributed by atoms with Crippen LogP contribution < -0.4 is 10.6 Å². The standard InChI is InChI=1S/C18H16ClN3O6/c1-10(17(24)21-13-5-3-12(4-6-13)20-11(2)23)28-18(25)15-8-7-14(22(26)27)9-16(15)19/h3-10H,1-2H3,(H,20,23)(H,21,24). The minimum atomic E-state index is -1.14. The van der Waals surface area contributed by atoms with Crippen molar-refractivity contribution in [3.63, 3.8) is 0 Å². The van der Waals surface area contributed by atoms with Crippen molar-refractivity contribution in [1.82, 2.24) is 0 Å². The largest absolute Gasteiger partial charge is 0.449 e. The molecule has 0 saturated carbocycles. The van der Waals surface area contributed by atoms with E-state index in [9.17, 15) is 24.5 Å². The number of benzene rings is 2. The molecule has 0 fully saturated rings. The number of nitrogens with one attached hydrogen (secondary N) is 2. The summed E-state index contributed by atoms with van der Waals surface area (Å²) in [6, 6.07) is 9.65. The molecule has 9 nitrogen and oxygen atoms in total. The number of hydrogen-bond acceptors (Lipinski definition) is 6. The number of rotatable bonds is 6. The molecule has 0 radical (unpaired) electrons. The molecular formula is C18H16ClN3O6. The Morgan fingerprint density at radius 2 is 1.64 bits per heavy atom. The summed E-state index contributed by atoms with van der Waals surface area (Å²) in [5.74, 6) is -1.69. The van der Waals surface area contributed by atoms with Crippen molar-refractivity contribution in [2.24, 2.45) is 0 Å². The number of nitrogens with zero attached hydrogens (tertiary/aromatic N) is 1. The fourth-order valence-corrected chi connectivity index (χ4v) is 2.40. The van der Waals surface area contributed by atoms with Crippen LogP contribution >= 0.6 is 11.6 Å². The number of nitro benzene ring substituents is 1.